The number of hydrogen-bond donors (Lipinski definition) is 2. The van der Waals surface area contributed by atoms with E-state index in [4.69, 9.17) is 5.73 Å². The molecule has 3 N–H and O–H groups in total. The van der Waals surface area contributed by atoms with Crippen molar-refractivity contribution in [3.63, 3.8) is 0 Å². The molecule has 0 bridgehead atoms. The molecular formula is C11H17FN2O2S. The standard InChI is InChI=1S/C11H17FN2O2S/c1-9-6-10(12)8-11(7-9)14-17(15,16)5-3-2-4-13/h6-8,14H,2-5,13H2,1H3. The predicted molar refractivity (Wildman–Crippen MR) is 66.8 cm³/mol. The lowest BCUT2D eigenvalue weighted by Gasteiger charge is -2.08. The van der Waals surface area contributed by atoms with Gasteiger partial charge in [0.2, 0.25) is 10.0 Å². The van der Waals surface area contributed by atoms with Gasteiger partial charge in [0, 0.05) is 0 Å². The largest absolute Gasteiger partial charge is 0.330 e. The van der Waals surface area contributed by atoms with Crippen molar-refractivity contribution in [2.75, 3.05) is 17.0 Å². The number of benzene rings is 1. The van der Waals surface area contributed by atoms with Gasteiger partial charge in [0.25, 0.3) is 0 Å². The van der Waals surface area contributed by atoms with Crippen LogP contribution < -0.4 is 10.5 Å². The Labute approximate surface area is 101 Å². The van der Waals surface area contributed by atoms with Crippen molar-refractivity contribution in [2.45, 2.75) is 19.8 Å². The van der Waals surface area contributed by atoms with Crippen LogP contribution in [0.3, 0.4) is 0 Å². The molecule has 0 aromatic heterocycles. The Morgan fingerprint density at radius 1 is 1.29 bits per heavy atom. The van der Waals surface area contributed by atoms with Gasteiger partial charge in [-0.05, 0) is 50.1 Å². The molecule has 1 rings (SSSR count). The number of hydrogen-bond acceptors (Lipinski definition) is 3. The average molecular weight is 260 g/mol. The molecule has 0 aliphatic rings. The number of unbranched alkanes of at least 4 members (excludes halogenated alkanes) is 1. The maximum Gasteiger partial charge on any atom is 0.232 e. The van der Waals surface area contributed by atoms with Gasteiger partial charge in [-0.2, -0.15) is 0 Å². The number of nitrogens with two attached hydrogens (primary N) is 1. The zero-order valence-corrected chi connectivity index (χ0v) is 10.6. The normalized spacial score (nSPS) is 11.5. The lowest BCUT2D eigenvalue weighted by Crippen LogP contribution is -2.17. The molecule has 0 aliphatic heterocycles. The van der Waals surface area contributed by atoms with Crippen LogP contribution in [0.1, 0.15) is 18.4 Å². The minimum absolute atomic E-state index is 0.000237. The van der Waals surface area contributed by atoms with Gasteiger partial charge in [-0.1, -0.05) is 0 Å². The van der Waals surface area contributed by atoms with Gasteiger partial charge in [-0.3, -0.25) is 4.72 Å². The molecule has 6 heteroatoms. The summed E-state index contributed by atoms with van der Waals surface area (Å²) in [5, 5.41) is 0. The van der Waals surface area contributed by atoms with Crippen molar-refractivity contribution < 1.29 is 12.8 Å². The van der Waals surface area contributed by atoms with Gasteiger partial charge in [-0.15, -0.1) is 0 Å². The van der Waals surface area contributed by atoms with Crippen LogP contribution in [0.2, 0.25) is 0 Å². The minimum atomic E-state index is -3.41. The first kappa shape index (κ1) is 13.9. The highest BCUT2D eigenvalue weighted by Crippen LogP contribution is 2.15. The molecule has 0 atom stereocenters. The summed E-state index contributed by atoms with van der Waals surface area (Å²) >= 11 is 0. The summed E-state index contributed by atoms with van der Waals surface area (Å²) in [4.78, 5) is 0. The number of nitrogens with one attached hydrogen (secondary N) is 1. The van der Waals surface area contributed by atoms with Crippen LogP contribution in [-0.4, -0.2) is 20.7 Å². The fraction of sp³-hybridized carbons (Fsp3) is 0.455. The molecule has 0 spiro atoms. The van der Waals surface area contributed by atoms with Gasteiger partial charge in [0.1, 0.15) is 5.82 Å². The van der Waals surface area contributed by atoms with E-state index in [9.17, 15) is 12.8 Å². The molecule has 0 unspecified atom stereocenters. The zero-order valence-electron chi connectivity index (χ0n) is 9.74. The van der Waals surface area contributed by atoms with E-state index in [0.717, 1.165) is 6.07 Å². The lowest BCUT2D eigenvalue weighted by atomic mass is 10.2. The molecule has 0 amide bonds. The number of aryl methyl sites for hydroxylation is 1. The van der Waals surface area contributed by atoms with Crippen LogP contribution in [0.15, 0.2) is 18.2 Å². The van der Waals surface area contributed by atoms with Crippen LogP contribution in [0.4, 0.5) is 10.1 Å². The first-order chi connectivity index (χ1) is 7.93. The van der Waals surface area contributed by atoms with Gasteiger partial charge in [-0.25, -0.2) is 12.8 Å². The summed E-state index contributed by atoms with van der Waals surface area (Å²) in [6.07, 6.45) is 1.16. The first-order valence-corrected chi connectivity index (χ1v) is 7.06. The number of anilines is 1. The third-order valence-corrected chi connectivity index (χ3v) is 3.56. The van der Waals surface area contributed by atoms with E-state index in [-0.39, 0.29) is 11.4 Å². The van der Waals surface area contributed by atoms with Crippen LogP contribution in [0.5, 0.6) is 0 Å². The second-order valence-electron chi connectivity index (χ2n) is 3.93. The monoisotopic (exact) mass is 260 g/mol. The van der Waals surface area contributed by atoms with Crippen molar-refractivity contribution >= 4 is 15.7 Å². The summed E-state index contributed by atoms with van der Waals surface area (Å²) in [6.45, 7) is 2.17. The van der Waals surface area contributed by atoms with E-state index in [0.29, 0.717) is 24.9 Å². The predicted octanol–water partition coefficient (Wildman–Crippen LogP) is 1.61. The summed E-state index contributed by atoms with van der Waals surface area (Å²) in [7, 11) is -3.41. The summed E-state index contributed by atoms with van der Waals surface area (Å²) in [6, 6.07) is 4.09. The van der Waals surface area contributed by atoms with Gasteiger partial charge in [0.05, 0.1) is 11.4 Å². The van der Waals surface area contributed by atoms with Crippen molar-refractivity contribution in [1.82, 2.24) is 0 Å². The van der Waals surface area contributed by atoms with Crippen molar-refractivity contribution in [3.8, 4) is 0 Å². The molecule has 0 aliphatic carbocycles. The Bertz CT molecular complexity index is 454. The van der Waals surface area contributed by atoms with Crippen LogP contribution in [-0.2, 0) is 10.0 Å². The topological polar surface area (TPSA) is 72.2 Å². The number of rotatable bonds is 6. The zero-order chi connectivity index (χ0) is 12.9. The second kappa shape index (κ2) is 5.97. The van der Waals surface area contributed by atoms with Gasteiger partial charge < -0.3 is 5.73 Å². The molecular weight excluding hydrogens is 243 g/mol. The molecule has 4 nitrogen and oxygen atoms in total. The van der Waals surface area contributed by atoms with Crippen LogP contribution in [0, 0.1) is 12.7 Å². The Morgan fingerprint density at radius 3 is 2.59 bits per heavy atom. The van der Waals surface area contributed by atoms with E-state index >= 15 is 0 Å². The molecule has 0 saturated carbocycles. The van der Waals surface area contributed by atoms with Crippen LogP contribution in [0.25, 0.3) is 0 Å². The maximum absolute atomic E-state index is 13.1. The third kappa shape index (κ3) is 5.14. The summed E-state index contributed by atoms with van der Waals surface area (Å²) in [5.74, 6) is -0.454. The Hall–Kier alpha value is -1.14. The smallest absolute Gasteiger partial charge is 0.232 e. The molecule has 0 fully saturated rings. The minimum Gasteiger partial charge on any atom is -0.330 e. The highest BCUT2D eigenvalue weighted by molar-refractivity contribution is 7.92. The summed E-state index contributed by atoms with van der Waals surface area (Å²) in [5.41, 5.74) is 6.22. The second-order valence-corrected chi connectivity index (χ2v) is 5.78. The molecule has 0 heterocycles. The van der Waals surface area contributed by atoms with Gasteiger partial charge >= 0.3 is 0 Å². The summed E-state index contributed by atoms with van der Waals surface area (Å²) < 4.78 is 38.7. The van der Waals surface area contributed by atoms with E-state index in [1.54, 1.807) is 13.0 Å². The molecule has 0 saturated heterocycles. The third-order valence-electron chi connectivity index (χ3n) is 2.18. The highest BCUT2D eigenvalue weighted by atomic mass is 32.2. The maximum atomic E-state index is 13.1. The fourth-order valence-electron chi connectivity index (χ4n) is 1.46. The Morgan fingerprint density at radius 2 is 2.00 bits per heavy atom. The van der Waals surface area contributed by atoms with Crippen molar-refractivity contribution in [2.24, 2.45) is 5.73 Å². The average Bonchev–Trinajstić information content (AvgIpc) is 2.14. The highest BCUT2D eigenvalue weighted by Gasteiger charge is 2.10. The van der Waals surface area contributed by atoms with E-state index in [2.05, 4.69) is 4.72 Å². The van der Waals surface area contributed by atoms with E-state index in [1.807, 2.05) is 0 Å². The lowest BCUT2D eigenvalue weighted by molar-refractivity contribution is 0.597. The SMILES string of the molecule is Cc1cc(F)cc(NS(=O)(=O)CCCCN)c1. The molecule has 17 heavy (non-hydrogen) atoms. The van der Waals surface area contributed by atoms with E-state index < -0.39 is 15.8 Å². The van der Waals surface area contributed by atoms with E-state index in [1.165, 1.54) is 6.07 Å². The quantitative estimate of drug-likeness (QED) is 0.763. The number of sulfonamides is 1. The van der Waals surface area contributed by atoms with Crippen molar-refractivity contribution in [3.05, 3.63) is 29.6 Å². The molecule has 1 aromatic carbocycles. The molecule has 0 radical (unpaired) electrons. The fourth-order valence-corrected chi connectivity index (χ4v) is 2.63. The van der Waals surface area contributed by atoms with Crippen LogP contribution >= 0.6 is 0 Å². The number of halogens is 1. The first-order valence-electron chi connectivity index (χ1n) is 5.41. The molecule has 1 aromatic rings. The molecule has 96 valence electrons. The Balaban J connectivity index is 2.69. The Kier molecular flexibility index (Phi) is 4.89. The van der Waals surface area contributed by atoms with Crippen molar-refractivity contribution in [1.29, 1.82) is 0 Å². The van der Waals surface area contributed by atoms with Gasteiger partial charge in [0.15, 0.2) is 0 Å².